The standard InChI is InChI=1S/C18H27N5O.C2H6/c1-13(2)16(24)22-18(20-5)23-17(19-4)21-12-6-7-15-10-8-14(3)9-11-15;1-2/h8-11,13H,5-7,12H2,1-4H3,(H2,19,21,22,23,24);1-2H3. The summed E-state index contributed by atoms with van der Waals surface area (Å²) in [6.07, 6.45) is 1.93. The van der Waals surface area contributed by atoms with Crippen molar-refractivity contribution in [2.75, 3.05) is 13.6 Å². The maximum absolute atomic E-state index is 11.7. The molecule has 1 amide bonds. The Morgan fingerprint density at radius 1 is 1.15 bits per heavy atom. The fraction of sp³-hybridized carbons (Fsp3) is 0.500. The van der Waals surface area contributed by atoms with Crippen molar-refractivity contribution in [1.29, 1.82) is 0 Å². The molecule has 0 aliphatic carbocycles. The molecule has 2 N–H and O–H groups in total. The minimum Gasteiger partial charge on any atom is -0.354 e. The molecule has 0 unspecified atom stereocenters. The van der Waals surface area contributed by atoms with Crippen LogP contribution >= 0.6 is 0 Å². The van der Waals surface area contributed by atoms with E-state index in [-0.39, 0.29) is 17.8 Å². The van der Waals surface area contributed by atoms with Crippen molar-refractivity contribution in [3.05, 3.63) is 35.4 Å². The minimum atomic E-state index is -0.157. The number of nitrogens with zero attached hydrogens (tertiary/aromatic N) is 3. The van der Waals surface area contributed by atoms with E-state index in [0.717, 1.165) is 19.4 Å². The Bertz CT molecular complexity index is 603. The lowest BCUT2D eigenvalue weighted by Gasteiger charge is -2.09. The monoisotopic (exact) mass is 359 g/mol. The van der Waals surface area contributed by atoms with Gasteiger partial charge >= 0.3 is 0 Å². The molecule has 1 aromatic rings. The van der Waals surface area contributed by atoms with Crippen LogP contribution in [0.15, 0.2) is 39.2 Å². The van der Waals surface area contributed by atoms with Crippen LogP contribution in [0.1, 0.15) is 45.2 Å². The van der Waals surface area contributed by atoms with E-state index >= 15 is 0 Å². The average molecular weight is 360 g/mol. The summed E-state index contributed by atoms with van der Waals surface area (Å²) in [7, 11) is 1.64. The molecule has 0 heterocycles. The number of carbonyl (C=O) groups excluding carboxylic acids is 1. The summed E-state index contributed by atoms with van der Waals surface area (Å²) in [4.78, 5) is 23.7. The van der Waals surface area contributed by atoms with E-state index in [1.54, 1.807) is 20.9 Å². The molecule has 0 aliphatic rings. The van der Waals surface area contributed by atoms with Crippen LogP contribution in [0.3, 0.4) is 0 Å². The van der Waals surface area contributed by atoms with Crippen LogP contribution in [-0.2, 0) is 11.2 Å². The van der Waals surface area contributed by atoms with Gasteiger partial charge in [-0.3, -0.25) is 15.1 Å². The molecule has 26 heavy (non-hydrogen) atoms. The number of carbonyl (C=O) groups is 1. The summed E-state index contributed by atoms with van der Waals surface area (Å²) in [5.74, 6) is 0.267. The molecule has 1 rings (SSSR count). The Morgan fingerprint density at radius 3 is 2.27 bits per heavy atom. The molecule has 0 bridgehead atoms. The predicted octanol–water partition coefficient (Wildman–Crippen LogP) is 3.36. The molecule has 144 valence electrons. The molecule has 0 aromatic heterocycles. The Morgan fingerprint density at radius 2 is 1.77 bits per heavy atom. The van der Waals surface area contributed by atoms with Crippen LogP contribution in [0.2, 0.25) is 0 Å². The zero-order chi connectivity index (χ0) is 19.9. The summed E-state index contributed by atoms with van der Waals surface area (Å²) >= 11 is 0. The van der Waals surface area contributed by atoms with Gasteiger partial charge in [-0.2, -0.15) is 4.99 Å². The van der Waals surface area contributed by atoms with Crippen LogP contribution in [0, 0.1) is 12.8 Å². The largest absolute Gasteiger partial charge is 0.354 e. The van der Waals surface area contributed by atoms with E-state index in [9.17, 15) is 4.79 Å². The van der Waals surface area contributed by atoms with Gasteiger partial charge in [0, 0.05) is 19.5 Å². The number of guanidine groups is 2. The maximum Gasteiger partial charge on any atom is 0.232 e. The Hall–Kier alpha value is -2.50. The van der Waals surface area contributed by atoms with Crippen molar-refractivity contribution in [1.82, 2.24) is 10.6 Å². The summed E-state index contributed by atoms with van der Waals surface area (Å²) in [6, 6.07) is 8.52. The van der Waals surface area contributed by atoms with Crippen molar-refractivity contribution >= 4 is 24.5 Å². The number of aryl methyl sites for hydroxylation is 2. The molecule has 0 saturated carbocycles. The highest BCUT2D eigenvalue weighted by Gasteiger charge is 2.09. The molecule has 6 nitrogen and oxygen atoms in total. The third-order valence-corrected chi connectivity index (χ3v) is 3.38. The third-order valence-electron chi connectivity index (χ3n) is 3.38. The van der Waals surface area contributed by atoms with Gasteiger partial charge in [0.15, 0.2) is 0 Å². The molecular formula is C20H33N5O. The SMILES string of the molecule is C=N/C(=N\C(=NC)NCCCc1ccc(C)cc1)NC(=O)C(C)C.CC. The molecule has 0 spiro atoms. The van der Waals surface area contributed by atoms with Crippen molar-refractivity contribution in [3.8, 4) is 0 Å². The van der Waals surface area contributed by atoms with Gasteiger partial charge in [-0.15, -0.1) is 0 Å². The number of nitrogens with one attached hydrogen (secondary N) is 2. The van der Waals surface area contributed by atoms with Gasteiger partial charge in [0.05, 0.1) is 0 Å². The number of rotatable bonds is 5. The average Bonchev–Trinajstić information content (AvgIpc) is 2.66. The maximum atomic E-state index is 11.7. The summed E-state index contributed by atoms with van der Waals surface area (Å²) in [5.41, 5.74) is 2.57. The predicted molar refractivity (Wildman–Crippen MR) is 112 cm³/mol. The highest BCUT2D eigenvalue weighted by atomic mass is 16.2. The second-order valence-corrected chi connectivity index (χ2v) is 5.80. The molecule has 1 aromatic carbocycles. The van der Waals surface area contributed by atoms with Crippen LogP contribution in [0.25, 0.3) is 0 Å². The molecule has 0 aliphatic heterocycles. The van der Waals surface area contributed by atoms with Gasteiger partial charge < -0.3 is 5.32 Å². The van der Waals surface area contributed by atoms with E-state index in [1.165, 1.54) is 11.1 Å². The molecule has 0 radical (unpaired) electrons. The smallest absolute Gasteiger partial charge is 0.232 e. The molecule has 6 heteroatoms. The van der Waals surface area contributed by atoms with Crippen molar-refractivity contribution in [2.24, 2.45) is 20.9 Å². The number of hydrogen-bond donors (Lipinski definition) is 2. The molecular weight excluding hydrogens is 326 g/mol. The van der Waals surface area contributed by atoms with Crippen LogP contribution in [-0.4, -0.2) is 38.1 Å². The zero-order valence-electron chi connectivity index (χ0n) is 17.0. The highest BCUT2D eigenvalue weighted by Crippen LogP contribution is 2.05. The first-order valence-corrected chi connectivity index (χ1v) is 9.08. The number of hydrogen-bond acceptors (Lipinski definition) is 2. The van der Waals surface area contributed by atoms with Gasteiger partial charge in [-0.05, 0) is 32.0 Å². The van der Waals surface area contributed by atoms with Crippen molar-refractivity contribution in [2.45, 2.75) is 47.5 Å². The lowest BCUT2D eigenvalue weighted by atomic mass is 10.1. The highest BCUT2D eigenvalue weighted by molar-refractivity contribution is 6.04. The normalized spacial score (nSPS) is 11.5. The van der Waals surface area contributed by atoms with Crippen LogP contribution in [0.5, 0.6) is 0 Å². The van der Waals surface area contributed by atoms with Crippen LogP contribution in [0.4, 0.5) is 0 Å². The Labute approximate surface area is 157 Å². The van der Waals surface area contributed by atoms with E-state index in [4.69, 9.17) is 0 Å². The summed E-state index contributed by atoms with van der Waals surface area (Å²) < 4.78 is 0. The fourth-order valence-electron chi connectivity index (χ4n) is 1.87. The number of amides is 1. The van der Waals surface area contributed by atoms with Gasteiger partial charge in [-0.25, -0.2) is 4.99 Å². The molecule has 0 fully saturated rings. The second kappa shape index (κ2) is 13.8. The number of benzene rings is 1. The quantitative estimate of drug-likeness (QED) is 0.480. The summed E-state index contributed by atoms with van der Waals surface area (Å²) in [6.45, 7) is 13.8. The Balaban J connectivity index is 0.00000301. The second-order valence-electron chi connectivity index (χ2n) is 5.80. The first-order chi connectivity index (χ1) is 12.5. The Kier molecular flexibility index (Phi) is 12.4. The van der Waals surface area contributed by atoms with E-state index in [0.29, 0.717) is 5.96 Å². The van der Waals surface area contributed by atoms with Gasteiger partial charge in [0.25, 0.3) is 0 Å². The van der Waals surface area contributed by atoms with Crippen molar-refractivity contribution in [3.63, 3.8) is 0 Å². The third kappa shape index (κ3) is 9.71. The van der Waals surface area contributed by atoms with Gasteiger partial charge in [-0.1, -0.05) is 57.5 Å². The minimum absolute atomic E-state index is 0.151. The first kappa shape index (κ1) is 23.5. The van der Waals surface area contributed by atoms with E-state index in [1.807, 2.05) is 13.8 Å². The first-order valence-electron chi connectivity index (χ1n) is 9.08. The van der Waals surface area contributed by atoms with Gasteiger partial charge in [0.1, 0.15) is 0 Å². The fourth-order valence-corrected chi connectivity index (χ4v) is 1.87. The summed E-state index contributed by atoms with van der Waals surface area (Å²) in [5, 5.41) is 5.76. The molecule has 0 saturated heterocycles. The van der Waals surface area contributed by atoms with E-state index in [2.05, 4.69) is 63.5 Å². The lowest BCUT2D eigenvalue weighted by molar-refractivity contribution is -0.122. The topological polar surface area (TPSA) is 78.2 Å². The van der Waals surface area contributed by atoms with Crippen LogP contribution < -0.4 is 10.6 Å². The molecule has 0 atom stereocenters. The van der Waals surface area contributed by atoms with Crippen molar-refractivity contribution < 1.29 is 4.79 Å². The number of aliphatic imine (C=N–C) groups is 3. The van der Waals surface area contributed by atoms with E-state index < -0.39 is 0 Å². The zero-order valence-corrected chi connectivity index (χ0v) is 17.0. The lowest BCUT2D eigenvalue weighted by Crippen LogP contribution is -2.34. The van der Waals surface area contributed by atoms with Gasteiger partial charge in [0.2, 0.25) is 17.8 Å².